The van der Waals surface area contributed by atoms with Crippen LogP contribution in [0.2, 0.25) is 0 Å². The highest BCUT2D eigenvalue weighted by atomic mass is 16.5. The zero-order chi connectivity index (χ0) is 19.4. The quantitative estimate of drug-likeness (QED) is 0.801. The molecule has 0 saturated carbocycles. The number of aryl methyl sites for hydroxylation is 2. The molecule has 0 aliphatic carbocycles. The van der Waals surface area contributed by atoms with Crippen LogP contribution in [0.4, 0.5) is 5.69 Å². The first-order valence-electron chi connectivity index (χ1n) is 8.61. The number of carbonyl (C=O) groups is 2. The predicted octanol–water partition coefficient (Wildman–Crippen LogP) is 3.63. The minimum atomic E-state index is -0.933. The Kier molecular flexibility index (Phi) is 6.08. The molecule has 1 amide bonds. The first-order valence-corrected chi connectivity index (χ1v) is 8.61. The van der Waals surface area contributed by atoms with E-state index in [9.17, 15) is 9.59 Å². The van der Waals surface area contributed by atoms with Gasteiger partial charge in [0.2, 0.25) is 0 Å². The topological polar surface area (TPSA) is 69.6 Å². The van der Waals surface area contributed by atoms with Gasteiger partial charge in [-0.05, 0) is 58.4 Å². The molecule has 0 bridgehead atoms. The summed E-state index contributed by atoms with van der Waals surface area (Å²) in [6.45, 7) is 10.1. The van der Waals surface area contributed by atoms with Gasteiger partial charge in [0.05, 0.1) is 18.4 Å². The molecule has 1 N–H and O–H groups in total. The molecule has 2 rings (SSSR count). The molecule has 6 nitrogen and oxygen atoms in total. The van der Waals surface area contributed by atoms with Gasteiger partial charge in [-0.1, -0.05) is 6.07 Å². The zero-order valence-corrected chi connectivity index (χ0v) is 16.2. The lowest BCUT2D eigenvalue weighted by Crippen LogP contribution is -2.30. The maximum absolute atomic E-state index is 12.5. The largest absolute Gasteiger partial charge is 0.495 e. The molecule has 2 aromatic rings. The van der Waals surface area contributed by atoms with Gasteiger partial charge in [0, 0.05) is 17.9 Å². The molecule has 0 aliphatic heterocycles. The Morgan fingerprint density at radius 2 is 1.88 bits per heavy atom. The fourth-order valence-electron chi connectivity index (χ4n) is 2.93. The molecular weight excluding hydrogens is 332 g/mol. The van der Waals surface area contributed by atoms with Crippen LogP contribution in [-0.4, -0.2) is 29.7 Å². The fraction of sp³-hybridized carbons (Fsp3) is 0.400. The van der Waals surface area contributed by atoms with Crippen LogP contribution in [0.5, 0.6) is 5.75 Å². The van der Waals surface area contributed by atoms with Crippen molar-refractivity contribution in [3.8, 4) is 5.75 Å². The van der Waals surface area contributed by atoms with Gasteiger partial charge in [0.15, 0.2) is 6.10 Å². The van der Waals surface area contributed by atoms with Gasteiger partial charge in [-0.3, -0.25) is 4.79 Å². The first kappa shape index (κ1) is 19.6. The number of aromatic nitrogens is 1. The van der Waals surface area contributed by atoms with Crippen LogP contribution < -0.4 is 10.1 Å². The van der Waals surface area contributed by atoms with Crippen LogP contribution in [0.3, 0.4) is 0 Å². The summed E-state index contributed by atoms with van der Waals surface area (Å²) in [5.41, 5.74) is 3.83. The molecular formula is C20H26N2O4. The molecule has 0 spiro atoms. The molecule has 1 heterocycles. The van der Waals surface area contributed by atoms with Crippen LogP contribution in [0.15, 0.2) is 24.3 Å². The lowest BCUT2D eigenvalue weighted by molar-refractivity contribution is -0.123. The second-order valence-corrected chi connectivity index (χ2v) is 6.27. The molecule has 1 aromatic carbocycles. The number of benzene rings is 1. The summed E-state index contributed by atoms with van der Waals surface area (Å²) in [5, 5.41) is 2.75. The number of nitrogens with one attached hydrogen (secondary N) is 1. The van der Waals surface area contributed by atoms with Crippen molar-refractivity contribution in [3.63, 3.8) is 0 Å². The molecule has 1 aromatic heterocycles. The van der Waals surface area contributed by atoms with Gasteiger partial charge in [-0.25, -0.2) is 4.79 Å². The van der Waals surface area contributed by atoms with Crippen molar-refractivity contribution in [3.05, 3.63) is 46.8 Å². The lowest BCUT2D eigenvalue weighted by atomic mass is 10.2. The normalized spacial score (nSPS) is 11.8. The minimum absolute atomic E-state index is 0.411. The number of hydrogen-bond donors (Lipinski definition) is 1. The highest BCUT2D eigenvalue weighted by Gasteiger charge is 2.23. The Labute approximate surface area is 154 Å². The lowest BCUT2D eigenvalue weighted by Gasteiger charge is -2.15. The number of hydrogen-bond acceptors (Lipinski definition) is 4. The molecule has 0 unspecified atom stereocenters. The summed E-state index contributed by atoms with van der Waals surface area (Å²) in [4.78, 5) is 24.9. The average Bonchev–Trinajstić information content (AvgIpc) is 2.88. The molecule has 6 heteroatoms. The predicted molar refractivity (Wildman–Crippen MR) is 101 cm³/mol. The molecule has 1 atom stereocenters. The Morgan fingerprint density at radius 3 is 2.46 bits per heavy atom. The molecule has 0 aliphatic rings. The molecule has 140 valence electrons. The Balaban J connectivity index is 2.10. The van der Waals surface area contributed by atoms with E-state index in [1.807, 2.05) is 38.3 Å². The maximum Gasteiger partial charge on any atom is 0.340 e. The van der Waals surface area contributed by atoms with E-state index >= 15 is 0 Å². The van der Waals surface area contributed by atoms with Gasteiger partial charge in [0.25, 0.3) is 5.91 Å². The molecule has 0 saturated heterocycles. The van der Waals surface area contributed by atoms with Crippen LogP contribution in [0, 0.1) is 20.8 Å². The highest BCUT2D eigenvalue weighted by Crippen LogP contribution is 2.25. The highest BCUT2D eigenvalue weighted by molar-refractivity contribution is 5.98. The smallest absolute Gasteiger partial charge is 0.340 e. The third-order valence-electron chi connectivity index (χ3n) is 4.38. The second-order valence-electron chi connectivity index (χ2n) is 6.27. The number of rotatable bonds is 6. The maximum atomic E-state index is 12.5. The van der Waals surface area contributed by atoms with Gasteiger partial charge in [-0.2, -0.15) is 0 Å². The van der Waals surface area contributed by atoms with E-state index in [2.05, 4.69) is 5.32 Å². The number of nitrogens with zero attached hydrogens (tertiary/aromatic N) is 1. The third kappa shape index (κ3) is 4.07. The van der Waals surface area contributed by atoms with Crippen molar-refractivity contribution in [2.75, 3.05) is 12.4 Å². The summed E-state index contributed by atoms with van der Waals surface area (Å²) in [7, 11) is 1.53. The summed E-state index contributed by atoms with van der Waals surface area (Å²) >= 11 is 0. The van der Waals surface area contributed by atoms with E-state index in [0.29, 0.717) is 17.0 Å². The van der Waals surface area contributed by atoms with Gasteiger partial charge in [0.1, 0.15) is 5.75 Å². The number of amides is 1. The van der Waals surface area contributed by atoms with Crippen LogP contribution in [-0.2, 0) is 16.1 Å². The van der Waals surface area contributed by atoms with Crippen LogP contribution in [0.25, 0.3) is 0 Å². The van der Waals surface area contributed by atoms with E-state index in [4.69, 9.17) is 9.47 Å². The van der Waals surface area contributed by atoms with Crippen molar-refractivity contribution in [2.45, 2.75) is 47.3 Å². The summed E-state index contributed by atoms with van der Waals surface area (Å²) in [6, 6.07) is 7.26. The summed E-state index contributed by atoms with van der Waals surface area (Å²) in [5.74, 6) is -0.364. The SMILES string of the molecule is CCn1c(C)cc(C(=O)O[C@H](C)C(=O)Nc2cc(C)ccc2OC)c1C. The summed E-state index contributed by atoms with van der Waals surface area (Å²) in [6.07, 6.45) is -0.933. The van der Waals surface area contributed by atoms with Crippen molar-refractivity contribution in [2.24, 2.45) is 0 Å². The van der Waals surface area contributed by atoms with Gasteiger partial charge >= 0.3 is 5.97 Å². The molecule has 0 fully saturated rings. The van der Waals surface area contributed by atoms with Crippen LogP contribution in [0.1, 0.15) is 41.2 Å². The van der Waals surface area contributed by atoms with Crippen molar-refractivity contribution >= 4 is 17.6 Å². The van der Waals surface area contributed by atoms with Crippen molar-refractivity contribution in [1.29, 1.82) is 0 Å². The van der Waals surface area contributed by atoms with E-state index in [1.54, 1.807) is 25.1 Å². The van der Waals surface area contributed by atoms with E-state index < -0.39 is 18.0 Å². The number of esters is 1. The van der Waals surface area contributed by atoms with E-state index in [1.165, 1.54) is 7.11 Å². The Bertz CT molecular complexity index is 823. The van der Waals surface area contributed by atoms with Crippen LogP contribution >= 0.6 is 0 Å². The van der Waals surface area contributed by atoms with Crippen molar-refractivity contribution < 1.29 is 19.1 Å². The number of anilines is 1. The number of ether oxygens (including phenoxy) is 2. The Hall–Kier alpha value is -2.76. The standard InChI is InChI=1S/C20H26N2O4/c1-7-22-13(3)11-16(14(22)4)20(24)26-15(5)19(23)21-17-10-12(2)8-9-18(17)25-6/h8-11,15H,7H2,1-6H3,(H,21,23)/t15-/m1/s1. The third-order valence-corrected chi connectivity index (χ3v) is 4.38. The van der Waals surface area contributed by atoms with Gasteiger partial charge < -0.3 is 19.4 Å². The fourth-order valence-corrected chi connectivity index (χ4v) is 2.93. The second kappa shape index (κ2) is 8.08. The Morgan fingerprint density at radius 1 is 1.19 bits per heavy atom. The zero-order valence-electron chi connectivity index (χ0n) is 16.2. The van der Waals surface area contributed by atoms with E-state index in [-0.39, 0.29) is 0 Å². The molecule has 26 heavy (non-hydrogen) atoms. The van der Waals surface area contributed by atoms with Gasteiger partial charge in [-0.15, -0.1) is 0 Å². The number of carbonyl (C=O) groups excluding carboxylic acids is 2. The minimum Gasteiger partial charge on any atom is -0.495 e. The summed E-state index contributed by atoms with van der Waals surface area (Å²) < 4.78 is 12.6. The average molecular weight is 358 g/mol. The molecule has 0 radical (unpaired) electrons. The monoisotopic (exact) mass is 358 g/mol. The first-order chi connectivity index (χ1) is 12.3. The van der Waals surface area contributed by atoms with Crippen molar-refractivity contribution in [1.82, 2.24) is 4.57 Å². The number of methoxy groups -OCH3 is 1. The van der Waals surface area contributed by atoms with E-state index in [0.717, 1.165) is 23.5 Å².